The van der Waals surface area contributed by atoms with Crippen molar-refractivity contribution >= 4 is 11.9 Å². The molecule has 2 fully saturated rings. The van der Waals surface area contributed by atoms with Crippen LogP contribution in [0.3, 0.4) is 0 Å². The van der Waals surface area contributed by atoms with Crippen molar-refractivity contribution in [2.24, 2.45) is 11.8 Å². The average molecular weight is 890 g/mol. The van der Waals surface area contributed by atoms with Crippen LogP contribution in [-0.2, 0) is 28.5 Å². The van der Waals surface area contributed by atoms with Gasteiger partial charge in [0.25, 0.3) is 0 Å². The SMILES string of the molecule is CCCCCC(CCCCC)CCOC(=O)CCCCCCCCCC1(CCCCCCCCCC(=O)OCCC(CCCCC)CCCCC)OCC(CCN2CCCCC2)O1. The molecule has 372 valence electrons. The number of rotatable bonds is 45. The van der Waals surface area contributed by atoms with E-state index >= 15 is 0 Å². The van der Waals surface area contributed by atoms with E-state index in [2.05, 4.69) is 32.6 Å². The van der Waals surface area contributed by atoms with Crippen LogP contribution in [0.2, 0.25) is 0 Å². The maximum Gasteiger partial charge on any atom is 0.305 e. The van der Waals surface area contributed by atoms with Gasteiger partial charge < -0.3 is 23.8 Å². The van der Waals surface area contributed by atoms with Crippen molar-refractivity contribution in [2.45, 2.75) is 296 Å². The molecule has 0 aromatic rings. The fraction of sp³-hybridized carbons (Fsp3) is 0.964. The normalized spacial score (nSPS) is 16.7. The lowest BCUT2D eigenvalue weighted by Crippen LogP contribution is -2.34. The van der Waals surface area contributed by atoms with Crippen molar-refractivity contribution in [1.82, 2.24) is 4.90 Å². The highest BCUT2D eigenvalue weighted by Gasteiger charge is 2.40. The molecule has 0 aromatic heterocycles. The second-order valence-electron chi connectivity index (χ2n) is 20.3. The van der Waals surface area contributed by atoms with Crippen molar-refractivity contribution < 1.29 is 28.5 Å². The molecule has 0 amide bonds. The second-order valence-corrected chi connectivity index (χ2v) is 20.3. The lowest BCUT2D eigenvalue weighted by Gasteiger charge is -2.30. The second kappa shape index (κ2) is 41.0. The first-order chi connectivity index (χ1) is 30.9. The maximum absolute atomic E-state index is 12.4. The minimum absolute atomic E-state index is 0.00520. The summed E-state index contributed by atoms with van der Waals surface area (Å²) in [4.78, 5) is 27.5. The molecule has 7 heteroatoms. The Bertz CT molecular complexity index is 951. The number of unbranched alkanes of at least 4 members (excludes halogenated alkanes) is 20. The van der Waals surface area contributed by atoms with Gasteiger partial charge in [-0.05, 0) is 82.7 Å². The summed E-state index contributed by atoms with van der Waals surface area (Å²) in [6, 6.07) is 0. The van der Waals surface area contributed by atoms with Crippen LogP contribution in [0.1, 0.15) is 285 Å². The van der Waals surface area contributed by atoms with E-state index in [1.807, 2.05) is 0 Å². The third kappa shape index (κ3) is 32.2. The van der Waals surface area contributed by atoms with Crippen LogP contribution in [0.5, 0.6) is 0 Å². The molecule has 0 spiro atoms. The fourth-order valence-corrected chi connectivity index (χ4v) is 10.2. The smallest absolute Gasteiger partial charge is 0.305 e. The van der Waals surface area contributed by atoms with Crippen molar-refractivity contribution in [3.05, 3.63) is 0 Å². The van der Waals surface area contributed by atoms with Crippen LogP contribution in [-0.4, -0.2) is 68.2 Å². The first-order valence-electron chi connectivity index (χ1n) is 28.3. The Morgan fingerprint density at radius 2 is 0.905 bits per heavy atom. The standard InChI is InChI=1S/C56H107NO6/c1-5-9-24-34-51(35-25-10-6-2)41-48-60-54(58)38-28-19-15-13-17-21-30-43-56(62-50-53(63-56)40-47-57-45-32-23-33-46-57)44-31-22-18-14-16-20-29-39-55(59)61-49-42-52(36-26-11-7-3)37-27-12-8-4/h51-53H,5-50H2,1-4H3. The number of hydrogen-bond acceptors (Lipinski definition) is 7. The molecule has 63 heavy (non-hydrogen) atoms. The Labute approximate surface area is 391 Å². The Hall–Kier alpha value is -1.18. The van der Waals surface area contributed by atoms with E-state index in [1.165, 1.54) is 186 Å². The van der Waals surface area contributed by atoms with Gasteiger partial charge in [-0.1, -0.05) is 201 Å². The van der Waals surface area contributed by atoms with E-state index in [1.54, 1.807) is 0 Å². The Morgan fingerprint density at radius 3 is 1.32 bits per heavy atom. The van der Waals surface area contributed by atoms with Crippen molar-refractivity contribution in [3.63, 3.8) is 0 Å². The number of piperidine rings is 1. The zero-order chi connectivity index (χ0) is 45.3. The van der Waals surface area contributed by atoms with Gasteiger partial charge in [0.15, 0.2) is 5.79 Å². The van der Waals surface area contributed by atoms with Crippen LogP contribution in [0.15, 0.2) is 0 Å². The summed E-state index contributed by atoms with van der Waals surface area (Å²) in [7, 11) is 0. The lowest BCUT2D eigenvalue weighted by molar-refractivity contribution is -0.180. The minimum atomic E-state index is -0.399. The molecule has 0 aliphatic carbocycles. The topological polar surface area (TPSA) is 74.3 Å². The van der Waals surface area contributed by atoms with Gasteiger partial charge in [0, 0.05) is 32.2 Å². The number of esters is 2. The van der Waals surface area contributed by atoms with Gasteiger partial charge in [-0.25, -0.2) is 0 Å². The van der Waals surface area contributed by atoms with Gasteiger partial charge in [-0.3, -0.25) is 9.59 Å². The van der Waals surface area contributed by atoms with E-state index in [0.29, 0.717) is 37.9 Å². The molecule has 0 radical (unpaired) electrons. The Balaban J connectivity index is 1.59. The number of nitrogens with zero attached hydrogens (tertiary/aromatic N) is 1. The molecule has 2 rings (SSSR count). The Kier molecular flexibility index (Phi) is 37.8. The third-order valence-electron chi connectivity index (χ3n) is 14.4. The molecule has 2 saturated heterocycles. The van der Waals surface area contributed by atoms with Crippen molar-refractivity contribution in [1.29, 1.82) is 0 Å². The number of carbonyl (C=O) groups is 2. The first kappa shape index (κ1) is 57.9. The summed E-state index contributed by atoms with van der Waals surface area (Å²) >= 11 is 0. The highest BCUT2D eigenvalue weighted by molar-refractivity contribution is 5.69. The number of ether oxygens (including phenoxy) is 4. The lowest BCUT2D eigenvalue weighted by atomic mass is 9.92. The largest absolute Gasteiger partial charge is 0.466 e. The highest BCUT2D eigenvalue weighted by atomic mass is 16.7. The summed E-state index contributed by atoms with van der Waals surface area (Å²) < 4.78 is 24.8. The molecule has 0 bridgehead atoms. The molecule has 1 unspecified atom stereocenters. The summed E-state index contributed by atoms with van der Waals surface area (Å²) in [5, 5.41) is 0. The first-order valence-corrected chi connectivity index (χ1v) is 28.3. The van der Waals surface area contributed by atoms with E-state index in [9.17, 15) is 9.59 Å². The fourth-order valence-electron chi connectivity index (χ4n) is 10.2. The van der Waals surface area contributed by atoms with Crippen LogP contribution in [0.25, 0.3) is 0 Å². The van der Waals surface area contributed by atoms with Crippen LogP contribution in [0, 0.1) is 11.8 Å². The molecular formula is C56H107NO6. The van der Waals surface area contributed by atoms with Gasteiger partial charge in [0.05, 0.1) is 25.9 Å². The van der Waals surface area contributed by atoms with Crippen LogP contribution < -0.4 is 0 Å². The number of likely N-dealkylation sites (tertiary alicyclic amines) is 1. The molecule has 0 N–H and O–H groups in total. The van der Waals surface area contributed by atoms with Gasteiger partial charge in [-0.15, -0.1) is 0 Å². The molecule has 1 atom stereocenters. The molecule has 7 nitrogen and oxygen atoms in total. The van der Waals surface area contributed by atoms with Gasteiger partial charge >= 0.3 is 11.9 Å². The maximum atomic E-state index is 12.4. The van der Waals surface area contributed by atoms with E-state index in [0.717, 1.165) is 83.8 Å². The van der Waals surface area contributed by atoms with Crippen LogP contribution >= 0.6 is 0 Å². The van der Waals surface area contributed by atoms with E-state index in [4.69, 9.17) is 18.9 Å². The quantitative estimate of drug-likeness (QED) is 0.0445. The molecular weight excluding hydrogens is 783 g/mol. The van der Waals surface area contributed by atoms with Crippen molar-refractivity contribution in [3.8, 4) is 0 Å². The third-order valence-corrected chi connectivity index (χ3v) is 14.4. The summed E-state index contributed by atoms with van der Waals surface area (Å²) in [5.74, 6) is 1.04. The molecule has 2 heterocycles. The molecule has 0 aromatic carbocycles. The predicted octanol–water partition coefficient (Wildman–Crippen LogP) is 16.4. The van der Waals surface area contributed by atoms with Gasteiger partial charge in [0.1, 0.15) is 0 Å². The highest BCUT2D eigenvalue weighted by Crippen LogP contribution is 2.36. The average Bonchev–Trinajstić information content (AvgIpc) is 3.70. The van der Waals surface area contributed by atoms with Crippen molar-refractivity contribution in [2.75, 3.05) is 39.5 Å². The summed E-state index contributed by atoms with van der Waals surface area (Å²) in [6.45, 7) is 14.7. The zero-order valence-electron chi connectivity index (χ0n) is 42.7. The van der Waals surface area contributed by atoms with E-state index < -0.39 is 5.79 Å². The van der Waals surface area contributed by atoms with E-state index in [-0.39, 0.29) is 18.0 Å². The number of hydrogen-bond donors (Lipinski definition) is 0. The summed E-state index contributed by atoms with van der Waals surface area (Å²) in [6.07, 6.45) is 47.6. The minimum Gasteiger partial charge on any atom is -0.466 e. The predicted molar refractivity (Wildman–Crippen MR) is 266 cm³/mol. The molecule has 2 aliphatic heterocycles. The summed E-state index contributed by atoms with van der Waals surface area (Å²) in [5.41, 5.74) is 0. The molecule has 0 saturated carbocycles. The van der Waals surface area contributed by atoms with Gasteiger partial charge in [0.2, 0.25) is 0 Å². The Morgan fingerprint density at radius 1 is 0.508 bits per heavy atom. The monoisotopic (exact) mass is 890 g/mol. The number of carbonyl (C=O) groups excluding carboxylic acids is 2. The van der Waals surface area contributed by atoms with Crippen LogP contribution in [0.4, 0.5) is 0 Å². The van der Waals surface area contributed by atoms with Gasteiger partial charge in [-0.2, -0.15) is 0 Å². The molecule has 2 aliphatic rings. The zero-order valence-corrected chi connectivity index (χ0v) is 42.7.